The van der Waals surface area contributed by atoms with E-state index in [0.29, 0.717) is 17.6 Å². The van der Waals surface area contributed by atoms with Crippen LogP contribution >= 0.6 is 0 Å². The van der Waals surface area contributed by atoms with E-state index >= 15 is 0 Å². The topological polar surface area (TPSA) is 34.1 Å². The molecule has 0 aromatic heterocycles. The maximum absolute atomic E-state index is 11.8. The fraction of sp³-hybridized carbons (Fsp3) is 0.727. The van der Waals surface area contributed by atoms with Crippen molar-refractivity contribution in [2.24, 2.45) is 5.92 Å². The molecule has 0 heterocycles. The number of hydrogen-bond acceptors (Lipinski definition) is 2. The Bertz CT molecular complexity index is 661. The van der Waals surface area contributed by atoms with Crippen LogP contribution in [0.4, 0.5) is 0 Å². The smallest absolute Gasteiger partial charge is 0.152 e. The highest BCUT2D eigenvalue weighted by atomic mass is 32.2. The molecule has 1 aliphatic rings. The lowest BCUT2D eigenvalue weighted by Crippen LogP contribution is -2.17. The van der Waals surface area contributed by atoms with Gasteiger partial charge in [-0.25, -0.2) is 8.42 Å². The van der Waals surface area contributed by atoms with Crippen molar-refractivity contribution in [1.29, 1.82) is 0 Å². The second kappa shape index (κ2) is 8.70. The summed E-state index contributed by atoms with van der Waals surface area (Å²) in [6, 6.07) is 7.11. The predicted molar refractivity (Wildman–Crippen MR) is 108 cm³/mol. The van der Waals surface area contributed by atoms with Crippen LogP contribution in [0.3, 0.4) is 0 Å². The quantitative estimate of drug-likeness (QED) is 0.514. The number of rotatable bonds is 9. The Kier molecular flexibility index (Phi) is 7.13. The minimum absolute atomic E-state index is 0.236. The van der Waals surface area contributed by atoms with Crippen LogP contribution in [0, 0.1) is 5.92 Å². The van der Waals surface area contributed by atoms with Crippen LogP contribution in [0.1, 0.15) is 95.2 Å². The second-order valence-corrected chi connectivity index (χ2v) is 11.0. The highest BCUT2D eigenvalue weighted by Gasteiger charge is 2.32. The zero-order chi connectivity index (χ0) is 18.6. The van der Waals surface area contributed by atoms with Crippen molar-refractivity contribution in [3.8, 4) is 0 Å². The molecule has 2 nitrogen and oxygen atoms in total. The van der Waals surface area contributed by atoms with E-state index in [-0.39, 0.29) is 5.25 Å². The van der Waals surface area contributed by atoms with Crippen LogP contribution < -0.4 is 0 Å². The molecule has 3 atom stereocenters. The molecule has 0 radical (unpaired) electrons. The van der Waals surface area contributed by atoms with E-state index in [4.69, 9.17) is 0 Å². The Morgan fingerprint density at radius 2 is 1.48 bits per heavy atom. The summed E-state index contributed by atoms with van der Waals surface area (Å²) < 4.78 is 23.5. The third kappa shape index (κ3) is 5.09. The lowest BCUT2D eigenvalue weighted by atomic mass is 9.91. The molecule has 0 aliphatic heterocycles. The molecule has 0 saturated carbocycles. The molecule has 2 rings (SSSR count). The highest BCUT2D eigenvalue weighted by molar-refractivity contribution is 7.91. The Balaban J connectivity index is 1.70. The number of aryl methyl sites for hydroxylation is 1. The van der Waals surface area contributed by atoms with Gasteiger partial charge in [-0.05, 0) is 67.6 Å². The first-order chi connectivity index (χ1) is 11.7. The summed E-state index contributed by atoms with van der Waals surface area (Å²) in [4.78, 5) is 0. The molecule has 0 bridgehead atoms. The van der Waals surface area contributed by atoms with Gasteiger partial charge in [0.1, 0.15) is 0 Å². The van der Waals surface area contributed by atoms with Gasteiger partial charge in [-0.2, -0.15) is 0 Å². The molecular formula is C22H36O2S. The van der Waals surface area contributed by atoms with Gasteiger partial charge in [-0.15, -0.1) is 0 Å². The minimum atomic E-state index is -2.85. The second-order valence-electron chi connectivity index (χ2n) is 8.33. The summed E-state index contributed by atoms with van der Waals surface area (Å²) in [5.74, 6) is 2.45. The van der Waals surface area contributed by atoms with Gasteiger partial charge >= 0.3 is 0 Å². The van der Waals surface area contributed by atoms with Gasteiger partial charge in [-0.3, -0.25) is 0 Å². The van der Waals surface area contributed by atoms with E-state index in [1.165, 1.54) is 18.4 Å². The van der Waals surface area contributed by atoms with Crippen LogP contribution in [0.15, 0.2) is 18.2 Å². The zero-order valence-corrected chi connectivity index (χ0v) is 17.5. The first-order valence-electron chi connectivity index (χ1n) is 10.1. The van der Waals surface area contributed by atoms with Crippen LogP contribution in [0.25, 0.3) is 0 Å². The first-order valence-corrected chi connectivity index (χ1v) is 11.8. The SMILES string of the molecule is CC1c2ccc(CCCCCCCS(=O)(=O)C(C)C)cc2C(C)C1C. The molecule has 0 spiro atoms. The van der Waals surface area contributed by atoms with Crippen LogP contribution in [0.5, 0.6) is 0 Å². The summed E-state index contributed by atoms with van der Waals surface area (Å²) in [5.41, 5.74) is 4.58. The average Bonchev–Trinajstić information content (AvgIpc) is 2.78. The highest BCUT2D eigenvalue weighted by Crippen LogP contribution is 2.46. The Morgan fingerprint density at radius 1 is 0.880 bits per heavy atom. The fourth-order valence-electron chi connectivity index (χ4n) is 3.99. The van der Waals surface area contributed by atoms with E-state index in [2.05, 4.69) is 39.0 Å². The summed E-state index contributed by atoms with van der Waals surface area (Å²) >= 11 is 0. The Hall–Kier alpha value is -0.830. The zero-order valence-electron chi connectivity index (χ0n) is 16.7. The van der Waals surface area contributed by atoms with Gasteiger partial charge in [0.25, 0.3) is 0 Å². The summed E-state index contributed by atoms with van der Waals surface area (Å²) in [6.07, 6.45) is 6.53. The molecule has 25 heavy (non-hydrogen) atoms. The van der Waals surface area contributed by atoms with E-state index in [0.717, 1.165) is 31.6 Å². The van der Waals surface area contributed by atoms with Gasteiger partial charge in [0.2, 0.25) is 0 Å². The molecule has 0 saturated heterocycles. The van der Waals surface area contributed by atoms with Crippen molar-refractivity contribution >= 4 is 9.84 Å². The normalized spacial score (nSPS) is 23.2. The average molecular weight is 365 g/mol. The molecule has 3 unspecified atom stereocenters. The molecule has 1 aromatic rings. The van der Waals surface area contributed by atoms with Gasteiger partial charge in [0.15, 0.2) is 9.84 Å². The molecule has 0 amide bonds. The number of sulfone groups is 1. The number of hydrogen-bond donors (Lipinski definition) is 0. The molecule has 3 heteroatoms. The van der Waals surface area contributed by atoms with Crippen molar-refractivity contribution in [2.75, 3.05) is 5.75 Å². The fourth-order valence-corrected chi connectivity index (χ4v) is 5.06. The van der Waals surface area contributed by atoms with Crippen molar-refractivity contribution in [3.63, 3.8) is 0 Å². The predicted octanol–water partition coefficient (Wildman–Crippen LogP) is 5.86. The van der Waals surface area contributed by atoms with Crippen molar-refractivity contribution in [3.05, 3.63) is 34.9 Å². The molecule has 0 fully saturated rings. The van der Waals surface area contributed by atoms with Crippen LogP contribution in [-0.2, 0) is 16.3 Å². The van der Waals surface area contributed by atoms with Crippen molar-refractivity contribution in [1.82, 2.24) is 0 Å². The summed E-state index contributed by atoms with van der Waals surface area (Å²) in [6.45, 7) is 10.6. The number of fused-ring (bicyclic) bond motifs is 1. The van der Waals surface area contributed by atoms with Gasteiger partial charge in [0.05, 0.1) is 11.0 Å². The molecular weight excluding hydrogens is 328 g/mol. The maximum Gasteiger partial charge on any atom is 0.152 e. The standard InChI is InChI=1S/C22H36O2S/c1-16(2)25(23,24)14-10-8-6-7-9-11-20-12-13-21-18(4)17(3)19(5)22(21)15-20/h12-13,15-19H,6-11,14H2,1-5H3. The minimum Gasteiger partial charge on any atom is -0.229 e. The third-order valence-electron chi connectivity index (χ3n) is 6.32. The van der Waals surface area contributed by atoms with Crippen LogP contribution in [-0.4, -0.2) is 19.4 Å². The summed E-state index contributed by atoms with van der Waals surface area (Å²) in [7, 11) is -2.85. The Labute approximate surface area is 155 Å². The Morgan fingerprint density at radius 3 is 2.16 bits per heavy atom. The van der Waals surface area contributed by atoms with Crippen molar-refractivity contribution < 1.29 is 8.42 Å². The monoisotopic (exact) mass is 364 g/mol. The third-order valence-corrected chi connectivity index (χ3v) is 8.62. The van der Waals surface area contributed by atoms with Crippen molar-refractivity contribution in [2.45, 2.75) is 90.2 Å². The largest absolute Gasteiger partial charge is 0.229 e. The lowest BCUT2D eigenvalue weighted by molar-refractivity contribution is 0.464. The van der Waals surface area contributed by atoms with E-state index < -0.39 is 9.84 Å². The molecule has 142 valence electrons. The van der Waals surface area contributed by atoms with Gasteiger partial charge in [0, 0.05) is 0 Å². The summed E-state index contributed by atoms with van der Waals surface area (Å²) in [5, 5.41) is -0.236. The molecule has 1 aliphatic carbocycles. The van der Waals surface area contributed by atoms with Gasteiger partial charge < -0.3 is 0 Å². The first kappa shape index (κ1) is 20.5. The van der Waals surface area contributed by atoms with E-state index in [1.807, 2.05) is 0 Å². The maximum atomic E-state index is 11.8. The lowest BCUT2D eigenvalue weighted by Gasteiger charge is -2.13. The van der Waals surface area contributed by atoms with Gasteiger partial charge in [-0.1, -0.05) is 58.2 Å². The molecule has 0 N–H and O–H groups in total. The van der Waals surface area contributed by atoms with Crippen LogP contribution in [0.2, 0.25) is 0 Å². The molecule has 1 aromatic carbocycles. The number of unbranched alkanes of at least 4 members (excludes halogenated alkanes) is 4. The van der Waals surface area contributed by atoms with E-state index in [9.17, 15) is 8.42 Å². The van der Waals surface area contributed by atoms with E-state index in [1.54, 1.807) is 25.0 Å². The number of benzene rings is 1.